The van der Waals surface area contributed by atoms with Gasteiger partial charge in [-0.15, -0.1) is 24.0 Å². The highest BCUT2D eigenvalue weighted by Gasteiger charge is 1.98. The molecule has 110 valence electrons. The fraction of sp³-hybridized carbons (Fsp3) is 0.385. The zero-order valence-electron chi connectivity index (χ0n) is 11.5. The van der Waals surface area contributed by atoms with E-state index in [9.17, 15) is 0 Å². The molecule has 2 aromatic heterocycles. The summed E-state index contributed by atoms with van der Waals surface area (Å²) >= 11 is 0. The molecule has 2 rings (SSSR count). The molecule has 0 aliphatic carbocycles. The van der Waals surface area contributed by atoms with E-state index in [1.54, 1.807) is 12.5 Å². The molecule has 2 N–H and O–H groups in total. The lowest BCUT2D eigenvalue weighted by molar-refractivity contribution is 0.511. The SMILES string of the molecule is CCNC(=NCc1ccco1)NCCn1cccn1.I. The van der Waals surface area contributed by atoms with Gasteiger partial charge in [-0.2, -0.15) is 5.10 Å². The molecule has 0 radical (unpaired) electrons. The van der Waals surface area contributed by atoms with E-state index >= 15 is 0 Å². The van der Waals surface area contributed by atoms with E-state index in [4.69, 9.17) is 4.42 Å². The summed E-state index contributed by atoms with van der Waals surface area (Å²) in [5, 5.41) is 10.6. The number of nitrogens with one attached hydrogen (secondary N) is 2. The van der Waals surface area contributed by atoms with Gasteiger partial charge >= 0.3 is 0 Å². The average molecular weight is 389 g/mol. The summed E-state index contributed by atoms with van der Waals surface area (Å²) in [5.74, 6) is 1.63. The maximum absolute atomic E-state index is 5.25. The Morgan fingerprint density at radius 3 is 2.95 bits per heavy atom. The van der Waals surface area contributed by atoms with Crippen molar-refractivity contribution in [2.24, 2.45) is 4.99 Å². The third kappa shape index (κ3) is 5.64. The van der Waals surface area contributed by atoms with Crippen molar-refractivity contribution in [2.75, 3.05) is 13.1 Å². The van der Waals surface area contributed by atoms with E-state index in [0.717, 1.165) is 31.4 Å². The molecule has 0 aromatic carbocycles. The smallest absolute Gasteiger partial charge is 0.191 e. The van der Waals surface area contributed by atoms with Crippen LogP contribution >= 0.6 is 24.0 Å². The highest BCUT2D eigenvalue weighted by atomic mass is 127. The van der Waals surface area contributed by atoms with E-state index in [-0.39, 0.29) is 24.0 Å². The maximum Gasteiger partial charge on any atom is 0.191 e. The van der Waals surface area contributed by atoms with E-state index < -0.39 is 0 Å². The third-order valence-corrected chi connectivity index (χ3v) is 2.51. The first-order chi connectivity index (χ1) is 9.38. The van der Waals surface area contributed by atoms with Crippen LogP contribution in [0.25, 0.3) is 0 Å². The van der Waals surface area contributed by atoms with Gasteiger partial charge in [0.25, 0.3) is 0 Å². The van der Waals surface area contributed by atoms with E-state index in [1.165, 1.54) is 0 Å². The minimum Gasteiger partial charge on any atom is -0.467 e. The van der Waals surface area contributed by atoms with Crippen molar-refractivity contribution in [3.05, 3.63) is 42.6 Å². The second-order valence-electron chi connectivity index (χ2n) is 3.97. The first kappa shape index (κ1) is 16.5. The summed E-state index contributed by atoms with van der Waals surface area (Å²) in [5.41, 5.74) is 0. The molecule has 0 saturated carbocycles. The molecular weight excluding hydrogens is 369 g/mol. The van der Waals surface area contributed by atoms with E-state index in [1.807, 2.05) is 36.0 Å². The second-order valence-corrected chi connectivity index (χ2v) is 3.97. The van der Waals surface area contributed by atoms with Crippen molar-refractivity contribution in [2.45, 2.75) is 20.0 Å². The van der Waals surface area contributed by atoms with E-state index in [2.05, 4.69) is 20.7 Å². The Hall–Kier alpha value is -1.51. The van der Waals surface area contributed by atoms with Crippen LogP contribution in [0.1, 0.15) is 12.7 Å². The van der Waals surface area contributed by atoms with Gasteiger partial charge in [-0.25, -0.2) is 4.99 Å². The molecule has 2 aromatic rings. The van der Waals surface area contributed by atoms with Crippen LogP contribution in [0.5, 0.6) is 0 Å². The Bertz CT molecular complexity index is 481. The van der Waals surface area contributed by atoms with Crippen LogP contribution in [-0.2, 0) is 13.1 Å². The largest absolute Gasteiger partial charge is 0.467 e. The van der Waals surface area contributed by atoms with Gasteiger partial charge < -0.3 is 15.1 Å². The Balaban J connectivity index is 0.00000200. The number of aliphatic imine (C=N–C) groups is 1. The Kier molecular flexibility index (Phi) is 7.78. The normalized spacial score (nSPS) is 10.9. The lowest BCUT2D eigenvalue weighted by Gasteiger charge is -2.10. The zero-order chi connectivity index (χ0) is 13.3. The summed E-state index contributed by atoms with van der Waals surface area (Å²) in [6.45, 7) is 4.97. The van der Waals surface area contributed by atoms with Crippen LogP contribution in [0.15, 0.2) is 46.3 Å². The second kappa shape index (κ2) is 9.40. The molecule has 0 spiro atoms. The average Bonchev–Trinajstić information content (AvgIpc) is 3.09. The number of furan rings is 1. The summed E-state index contributed by atoms with van der Waals surface area (Å²) in [7, 11) is 0. The quantitative estimate of drug-likeness (QED) is 0.450. The highest BCUT2D eigenvalue weighted by molar-refractivity contribution is 14.0. The van der Waals surface area contributed by atoms with Gasteiger partial charge in [-0.1, -0.05) is 0 Å². The number of hydrogen-bond donors (Lipinski definition) is 2. The predicted octanol–water partition coefficient (Wildman–Crippen LogP) is 1.85. The Morgan fingerprint density at radius 2 is 2.30 bits per heavy atom. The molecule has 6 nitrogen and oxygen atoms in total. The van der Waals surface area contributed by atoms with Gasteiger partial charge in [0.1, 0.15) is 12.3 Å². The van der Waals surface area contributed by atoms with Crippen molar-refractivity contribution < 1.29 is 4.42 Å². The van der Waals surface area contributed by atoms with Crippen LogP contribution < -0.4 is 10.6 Å². The van der Waals surface area contributed by atoms with Gasteiger partial charge in [0.15, 0.2) is 5.96 Å². The molecule has 0 fully saturated rings. The maximum atomic E-state index is 5.25. The molecular formula is C13H20IN5O. The van der Waals surface area contributed by atoms with Gasteiger partial charge in [-0.05, 0) is 25.1 Å². The third-order valence-electron chi connectivity index (χ3n) is 2.51. The first-order valence-electron chi connectivity index (χ1n) is 6.40. The zero-order valence-corrected chi connectivity index (χ0v) is 13.8. The monoisotopic (exact) mass is 389 g/mol. The minimum absolute atomic E-state index is 0. The number of aromatic nitrogens is 2. The summed E-state index contributed by atoms with van der Waals surface area (Å²) in [6.07, 6.45) is 5.37. The van der Waals surface area contributed by atoms with E-state index in [0.29, 0.717) is 6.54 Å². The van der Waals surface area contributed by atoms with Crippen molar-refractivity contribution in [3.8, 4) is 0 Å². The number of nitrogens with zero attached hydrogens (tertiary/aromatic N) is 3. The van der Waals surface area contributed by atoms with Crippen LogP contribution in [0.4, 0.5) is 0 Å². The molecule has 0 atom stereocenters. The van der Waals surface area contributed by atoms with Crippen molar-refractivity contribution >= 4 is 29.9 Å². The van der Waals surface area contributed by atoms with Gasteiger partial charge in [0.2, 0.25) is 0 Å². The van der Waals surface area contributed by atoms with Crippen LogP contribution in [-0.4, -0.2) is 28.8 Å². The standard InChI is InChI=1S/C13H19N5O.HI/c1-2-14-13(16-11-12-5-3-10-19-12)15-7-9-18-8-4-6-17-18;/h3-6,8,10H,2,7,9,11H2,1H3,(H2,14,15,16);1H. The highest BCUT2D eigenvalue weighted by Crippen LogP contribution is 2.00. The number of guanidine groups is 1. The van der Waals surface area contributed by atoms with Crippen LogP contribution in [0.2, 0.25) is 0 Å². The minimum atomic E-state index is 0. The van der Waals surface area contributed by atoms with Crippen molar-refractivity contribution in [1.29, 1.82) is 0 Å². The molecule has 20 heavy (non-hydrogen) atoms. The molecule has 7 heteroatoms. The van der Waals surface area contributed by atoms with Crippen molar-refractivity contribution in [1.82, 2.24) is 20.4 Å². The van der Waals surface area contributed by atoms with Crippen molar-refractivity contribution in [3.63, 3.8) is 0 Å². The molecule has 0 unspecified atom stereocenters. The fourth-order valence-corrected chi connectivity index (χ4v) is 1.62. The summed E-state index contributed by atoms with van der Waals surface area (Å²) < 4.78 is 7.13. The lowest BCUT2D eigenvalue weighted by Crippen LogP contribution is -2.38. The molecule has 0 amide bonds. The van der Waals surface area contributed by atoms with Crippen LogP contribution in [0.3, 0.4) is 0 Å². The van der Waals surface area contributed by atoms with Crippen LogP contribution in [0, 0.1) is 0 Å². The lowest BCUT2D eigenvalue weighted by atomic mass is 10.4. The molecule has 2 heterocycles. The Morgan fingerprint density at radius 1 is 1.40 bits per heavy atom. The molecule has 0 aliphatic heterocycles. The topological polar surface area (TPSA) is 67.4 Å². The molecule has 0 saturated heterocycles. The van der Waals surface area contributed by atoms with Gasteiger partial charge in [0, 0.05) is 25.5 Å². The summed E-state index contributed by atoms with van der Waals surface area (Å²) in [4.78, 5) is 4.45. The molecule has 0 aliphatic rings. The number of rotatable bonds is 6. The fourth-order valence-electron chi connectivity index (χ4n) is 1.62. The first-order valence-corrected chi connectivity index (χ1v) is 6.40. The van der Waals surface area contributed by atoms with Gasteiger partial charge in [0.05, 0.1) is 12.8 Å². The predicted molar refractivity (Wildman–Crippen MR) is 89.2 cm³/mol. The van der Waals surface area contributed by atoms with Gasteiger partial charge in [-0.3, -0.25) is 4.68 Å². The number of halogens is 1. The molecule has 0 bridgehead atoms. The summed E-state index contributed by atoms with van der Waals surface area (Å²) in [6, 6.07) is 5.69. The Labute approximate surface area is 135 Å². The number of hydrogen-bond acceptors (Lipinski definition) is 3.